The molecule has 2 fully saturated rings. The summed E-state index contributed by atoms with van der Waals surface area (Å²) in [6.07, 6.45) is 4.84. The molecule has 26 heavy (non-hydrogen) atoms. The van der Waals surface area contributed by atoms with E-state index >= 15 is 0 Å². The van der Waals surface area contributed by atoms with Gasteiger partial charge in [0.25, 0.3) is 5.69 Å². The molecule has 3 amide bonds. The zero-order valence-electron chi connectivity index (χ0n) is 14.0. The minimum atomic E-state index is -0.513. The molecule has 2 bridgehead atoms. The minimum absolute atomic E-state index is 0.0683. The van der Waals surface area contributed by atoms with Gasteiger partial charge in [0.05, 0.1) is 16.8 Å². The number of likely N-dealkylation sites (tertiary alicyclic amines) is 1. The lowest BCUT2D eigenvalue weighted by Gasteiger charge is -2.17. The molecule has 0 unspecified atom stereocenters. The molecular weight excluding hydrogens is 338 g/mol. The van der Waals surface area contributed by atoms with E-state index in [-0.39, 0.29) is 47.7 Å². The molecule has 2 aliphatic carbocycles. The van der Waals surface area contributed by atoms with Crippen LogP contribution in [-0.2, 0) is 14.4 Å². The Morgan fingerprint density at radius 1 is 1.23 bits per heavy atom. The van der Waals surface area contributed by atoms with Gasteiger partial charge < -0.3 is 5.32 Å². The van der Waals surface area contributed by atoms with Gasteiger partial charge in [0.1, 0.15) is 6.54 Å². The number of nitrogens with one attached hydrogen (secondary N) is 1. The number of hydrogen-bond donors (Lipinski definition) is 1. The third-order valence-corrected chi connectivity index (χ3v) is 5.56. The predicted octanol–water partition coefficient (Wildman–Crippen LogP) is 1.65. The van der Waals surface area contributed by atoms with Crippen molar-refractivity contribution in [1.29, 1.82) is 0 Å². The minimum Gasteiger partial charge on any atom is -0.324 e. The van der Waals surface area contributed by atoms with Crippen molar-refractivity contribution in [3.63, 3.8) is 0 Å². The third-order valence-electron chi connectivity index (χ3n) is 5.56. The number of rotatable bonds is 4. The van der Waals surface area contributed by atoms with Gasteiger partial charge in [-0.3, -0.25) is 29.4 Å². The van der Waals surface area contributed by atoms with E-state index < -0.39 is 10.8 Å². The summed E-state index contributed by atoms with van der Waals surface area (Å²) in [6, 6.07) is 4.09. The normalized spacial score (nSPS) is 28.6. The number of nitro benzene ring substituents is 1. The fourth-order valence-electron chi connectivity index (χ4n) is 4.35. The van der Waals surface area contributed by atoms with Crippen LogP contribution in [0.15, 0.2) is 30.4 Å². The highest BCUT2D eigenvalue weighted by Gasteiger charge is 2.59. The summed E-state index contributed by atoms with van der Waals surface area (Å²) in [7, 11) is 0. The number of nitrogens with zero attached hydrogens (tertiary/aromatic N) is 2. The number of allylic oxidation sites excluding steroid dienone is 2. The highest BCUT2D eigenvalue weighted by molar-refractivity contribution is 6.09. The number of nitro groups is 1. The topological polar surface area (TPSA) is 110 Å². The second kappa shape index (κ2) is 5.76. The first-order valence-electron chi connectivity index (χ1n) is 8.45. The standard InChI is InChI=1S/C18H17N3O5/c1-9-6-12(21(25)26)4-5-13(9)19-14(22)8-20-17(23)15-10-2-3-11(7-10)16(15)18(20)24/h2-6,10-11,15-16H,7-8H2,1H3,(H,19,22)/t10-,11-,15-,16+/m0/s1. The number of amides is 3. The van der Waals surface area contributed by atoms with E-state index in [1.807, 2.05) is 12.2 Å². The third kappa shape index (κ3) is 2.40. The number of aryl methyl sites for hydroxylation is 1. The lowest BCUT2D eigenvalue weighted by atomic mass is 9.85. The average molecular weight is 355 g/mol. The van der Waals surface area contributed by atoms with E-state index in [9.17, 15) is 24.5 Å². The maximum absolute atomic E-state index is 12.6. The summed E-state index contributed by atoms with van der Waals surface area (Å²) in [5.41, 5.74) is 0.883. The maximum atomic E-state index is 12.6. The maximum Gasteiger partial charge on any atom is 0.269 e. The highest BCUT2D eigenvalue weighted by Crippen LogP contribution is 2.52. The van der Waals surface area contributed by atoms with Gasteiger partial charge >= 0.3 is 0 Å². The molecule has 4 atom stereocenters. The summed E-state index contributed by atoms with van der Waals surface area (Å²) < 4.78 is 0. The number of carbonyl (C=O) groups excluding carboxylic acids is 3. The first kappa shape index (κ1) is 16.4. The van der Waals surface area contributed by atoms with Crippen LogP contribution in [0.4, 0.5) is 11.4 Å². The summed E-state index contributed by atoms with van der Waals surface area (Å²) in [4.78, 5) is 48.8. The van der Waals surface area contributed by atoms with Crippen molar-refractivity contribution in [2.75, 3.05) is 11.9 Å². The summed E-state index contributed by atoms with van der Waals surface area (Å²) in [6.45, 7) is 1.31. The second-order valence-corrected chi connectivity index (χ2v) is 7.07. The molecule has 134 valence electrons. The lowest BCUT2D eigenvalue weighted by molar-refractivity contribution is -0.384. The monoisotopic (exact) mass is 355 g/mol. The van der Waals surface area contributed by atoms with E-state index in [1.165, 1.54) is 18.2 Å². The average Bonchev–Trinajstić information content (AvgIpc) is 3.26. The number of benzene rings is 1. The molecule has 0 radical (unpaired) electrons. The molecule has 4 rings (SSSR count). The van der Waals surface area contributed by atoms with Crippen molar-refractivity contribution in [2.24, 2.45) is 23.7 Å². The SMILES string of the molecule is Cc1cc([N+](=O)[O-])ccc1NC(=O)CN1C(=O)[C@@H]2[C@H](C1=O)[C@H]1C=C[C@H]2C1. The number of fused-ring (bicyclic) bond motifs is 5. The summed E-state index contributed by atoms with van der Waals surface area (Å²) in [5.74, 6) is -1.49. The van der Waals surface area contributed by atoms with Crippen LogP contribution in [0.1, 0.15) is 12.0 Å². The van der Waals surface area contributed by atoms with Gasteiger partial charge in [-0.25, -0.2) is 0 Å². The van der Waals surface area contributed by atoms with E-state index in [1.54, 1.807) is 6.92 Å². The fraction of sp³-hybridized carbons (Fsp3) is 0.389. The van der Waals surface area contributed by atoms with E-state index in [0.29, 0.717) is 11.3 Å². The van der Waals surface area contributed by atoms with Crippen LogP contribution in [0.2, 0.25) is 0 Å². The van der Waals surface area contributed by atoms with Crippen LogP contribution in [0, 0.1) is 40.7 Å². The largest absolute Gasteiger partial charge is 0.324 e. The Labute approximate surface area is 149 Å². The Bertz CT molecular complexity index is 848. The van der Waals surface area contributed by atoms with Crippen molar-refractivity contribution >= 4 is 29.1 Å². The van der Waals surface area contributed by atoms with Crippen molar-refractivity contribution < 1.29 is 19.3 Å². The van der Waals surface area contributed by atoms with Gasteiger partial charge in [0, 0.05) is 17.8 Å². The Morgan fingerprint density at radius 2 is 1.85 bits per heavy atom. The number of imide groups is 1. The van der Waals surface area contributed by atoms with Crippen molar-refractivity contribution in [2.45, 2.75) is 13.3 Å². The molecule has 0 aromatic heterocycles. The van der Waals surface area contributed by atoms with Gasteiger partial charge in [-0.15, -0.1) is 0 Å². The van der Waals surface area contributed by atoms with Crippen LogP contribution in [0.25, 0.3) is 0 Å². The van der Waals surface area contributed by atoms with Crippen LogP contribution in [0.5, 0.6) is 0 Å². The van der Waals surface area contributed by atoms with Gasteiger partial charge in [-0.2, -0.15) is 0 Å². The number of non-ortho nitro benzene ring substituents is 1. The molecule has 1 aromatic rings. The first-order valence-corrected chi connectivity index (χ1v) is 8.45. The van der Waals surface area contributed by atoms with Crippen LogP contribution < -0.4 is 5.32 Å². The molecule has 3 aliphatic rings. The molecule has 1 saturated heterocycles. The van der Waals surface area contributed by atoms with Gasteiger partial charge in [-0.1, -0.05) is 12.2 Å². The van der Waals surface area contributed by atoms with Crippen LogP contribution >= 0.6 is 0 Å². The summed E-state index contributed by atoms with van der Waals surface area (Å²) >= 11 is 0. The molecule has 1 aliphatic heterocycles. The van der Waals surface area contributed by atoms with Crippen molar-refractivity contribution in [1.82, 2.24) is 4.90 Å². The van der Waals surface area contributed by atoms with E-state index in [4.69, 9.17) is 0 Å². The quantitative estimate of drug-likeness (QED) is 0.382. The summed E-state index contributed by atoms with van der Waals surface area (Å²) in [5, 5.41) is 13.4. The predicted molar refractivity (Wildman–Crippen MR) is 90.9 cm³/mol. The lowest BCUT2D eigenvalue weighted by Crippen LogP contribution is -2.39. The Balaban J connectivity index is 1.45. The zero-order valence-corrected chi connectivity index (χ0v) is 14.0. The van der Waals surface area contributed by atoms with Crippen LogP contribution in [-0.4, -0.2) is 34.1 Å². The Kier molecular flexibility index (Phi) is 3.64. The Morgan fingerprint density at radius 3 is 2.38 bits per heavy atom. The fourth-order valence-corrected chi connectivity index (χ4v) is 4.35. The van der Waals surface area contributed by atoms with Crippen LogP contribution in [0.3, 0.4) is 0 Å². The van der Waals surface area contributed by atoms with Gasteiger partial charge in [0.2, 0.25) is 17.7 Å². The molecule has 1 saturated carbocycles. The molecule has 8 heteroatoms. The van der Waals surface area contributed by atoms with Crippen molar-refractivity contribution in [3.05, 3.63) is 46.0 Å². The molecular formula is C18H17N3O5. The number of hydrogen-bond acceptors (Lipinski definition) is 5. The highest BCUT2D eigenvalue weighted by atomic mass is 16.6. The number of anilines is 1. The molecule has 0 spiro atoms. The molecule has 8 nitrogen and oxygen atoms in total. The first-order chi connectivity index (χ1) is 12.4. The smallest absolute Gasteiger partial charge is 0.269 e. The van der Waals surface area contributed by atoms with Gasteiger partial charge in [0.15, 0.2) is 0 Å². The van der Waals surface area contributed by atoms with Crippen molar-refractivity contribution in [3.8, 4) is 0 Å². The van der Waals surface area contributed by atoms with Gasteiger partial charge in [-0.05, 0) is 36.8 Å². The molecule has 1 N–H and O–H groups in total. The molecule has 1 heterocycles. The van der Waals surface area contributed by atoms with E-state index in [2.05, 4.69) is 5.32 Å². The zero-order chi connectivity index (χ0) is 18.6. The number of carbonyl (C=O) groups is 3. The Hall–Kier alpha value is -3.03. The second-order valence-electron chi connectivity index (χ2n) is 7.07. The van der Waals surface area contributed by atoms with E-state index in [0.717, 1.165) is 11.3 Å². The molecule has 1 aromatic carbocycles.